The number of nitrogens with zero attached hydrogens (tertiary/aromatic N) is 1. The van der Waals surface area contributed by atoms with Gasteiger partial charge in [0.1, 0.15) is 0 Å². The lowest BCUT2D eigenvalue weighted by atomic mass is 10.1. The molecule has 1 heterocycles. The summed E-state index contributed by atoms with van der Waals surface area (Å²) in [5.74, 6) is -1.13. The predicted octanol–water partition coefficient (Wildman–Crippen LogP) is 1.30. The number of amides is 2. The number of carbonyl (C=O) groups excluding carboxylic acids is 2. The quantitative estimate of drug-likeness (QED) is 0.606. The number of imide groups is 1. The van der Waals surface area contributed by atoms with Crippen molar-refractivity contribution < 1.29 is 12.3 Å². The fraction of sp³-hybridized carbons (Fsp3) is 0.200. The Morgan fingerprint density at radius 3 is 2.08 bits per heavy atom. The molecule has 1 aliphatic rings. The van der Waals surface area contributed by atoms with E-state index in [2.05, 4.69) is 0 Å². The summed E-state index contributed by atoms with van der Waals surface area (Å²) in [6.45, 7) is -0.776. The molecule has 3 heteroatoms. The van der Waals surface area contributed by atoms with E-state index in [0.717, 1.165) is 0 Å². The van der Waals surface area contributed by atoms with Gasteiger partial charge in [-0.25, -0.2) is 0 Å². The van der Waals surface area contributed by atoms with Crippen LogP contribution in [0, 0.1) is 0 Å². The highest BCUT2D eigenvalue weighted by Gasteiger charge is 2.33. The van der Waals surface area contributed by atoms with E-state index in [0.29, 0.717) is 4.90 Å². The molecular formula is C10H9NO2. The zero-order chi connectivity index (χ0) is 11.2. The summed E-state index contributed by atoms with van der Waals surface area (Å²) in [5, 5.41) is 0. The van der Waals surface area contributed by atoms with Crippen molar-refractivity contribution >= 4 is 11.8 Å². The predicted molar refractivity (Wildman–Crippen MR) is 47.5 cm³/mol. The van der Waals surface area contributed by atoms with Gasteiger partial charge in [0.25, 0.3) is 11.8 Å². The molecule has 3 nitrogen and oxygen atoms in total. The maximum Gasteiger partial charge on any atom is 0.261 e. The van der Waals surface area contributed by atoms with E-state index in [1.807, 2.05) is 0 Å². The molecule has 0 radical (unpaired) electrons. The van der Waals surface area contributed by atoms with Gasteiger partial charge in [0.15, 0.2) is 0 Å². The molecule has 1 aliphatic heterocycles. The Balaban J connectivity index is 2.55. The second kappa shape index (κ2) is 2.69. The summed E-state index contributed by atoms with van der Waals surface area (Å²) >= 11 is 0. The summed E-state index contributed by atoms with van der Waals surface area (Å²) in [6.07, 6.45) is 0. The molecule has 0 unspecified atom stereocenters. The number of benzene rings is 1. The second-order valence-corrected chi connectivity index (χ2v) is 2.71. The zero-order valence-electron chi connectivity index (χ0n) is 9.07. The summed E-state index contributed by atoms with van der Waals surface area (Å²) < 4.78 is 14.8. The van der Waals surface area contributed by atoms with Crippen molar-refractivity contribution in [1.82, 2.24) is 4.90 Å². The third-order valence-electron chi connectivity index (χ3n) is 2.02. The van der Waals surface area contributed by atoms with Gasteiger partial charge in [-0.15, -0.1) is 0 Å². The van der Waals surface area contributed by atoms with Crippen LogP contribution < -0.4 is 0 Å². The maximum atomic E-state index is 11.7. The van der Waals surface area contributed by atoms with E-state index in [4.69, 9.17) is 2.74 Å². The molecule has 2 rings (SSSR count). The van der Waals surface area contributed by atoms with Crippen LogP contribution in [-0.4, -0.2) is 23.2 Å². The summed E-state index contributed by atoms with van der Waals surface area (Å²) in [4.78, 5) is 24.1. The van der Waals surface area contributed by atoms with Crippen molar-refractivity contribution in [1.29, 1.82) is 0 Å². The van der Waals surface area contributed by atoms with Crippen molar-refractivity contribution in [3.05, 3.63) is 35.4 Å². The maximum absolute atomic E-state index is 11.7. The van der Waals surface area contributed by atoms with E-state index in [1.54, 1.807) is 12.1 Å². The first-order valence-electron chi connectivity index (χ1n) is 4.91. The summed E-state index contributed by atoms with van der Waals surface area (Å²) in [5.41, 5.74) is 0.543. The van der Waals surface area contributed by atoms with Crippen molar-refractivity contribution in [3.63, 3.8) is 0 Å². The smallest absolute Gasteiger partial charge is 0.261 e. The largest absolute Gasteiger partial charge is 0.275 e. The molecule has 0 aliphatic carbocycles. The van der Waals surface area contributed by atoms with Gasteiger partial charge in [0.2, 0.25) is 0 Å². The fourth-order valence-electron chi connectivity index (χ4n) is 1.39. The van der Waals surface area contributed by atoms with Crippen molar-refractivity contribution in [2.45, 2.75) is 6.92 Å². The molecule has 2 amide bonds. The molecule has 13 heavy (non-hydrogen) atoms. The van der Waals surface area contributed by atoms with E-state index in [9.17, 15) is 9.59 Å². The van der Waals surface area contributed by atoms with Crippen LogP contribution in [0.4, 0.5) is 0 Å². The van der Waals surface area contributed by atoms with Gasteiger partial charge >= 0.3 is 0 Å². The fourth-order valence-corrected chi connectivity index (χ4v) is 1.39. The van der Waals surface area contributed by atoms with Crippen LogP contribution in [0.2, 0.25) is 0 Å². The number of rotatable bonds is 1. The van der Waals surface area contributed by atoms with Crippen molar-refractivity contribution in [2.24, 2.45) is 0 Å². The lowest BCUT2D eigenvalue weighted by Gasteiger charge is -2.08. The SMILES string of the molecule is [2H]C([2H])(C)N1C(=O)c2ccccc2C1=O. The molecule has 0 aromatic heterocycles. The van der Waals surface area contributed by atoms with Gasteiger partial charge in [-0.1, -0.05) is 12.1 Å². The number of hydrogen-bond acceptors (Lipinski definition) is 2. The number of hydrogen-bond donors (Lipinski definition) is 0. The Labute approximate surface area is 78.8 Å². The highest BCUT2D eigenvalue weighted by Crippen LogP contribution is 2.21. The molecule has 0 spiro atoms. The van der Waals surface area contributed by atoms with Crippen LogP contribution in [0.3, 0.4) is 0 Å². The minimum absolute atomic E-state index is 0.272. The van der Waals surface area contributed by atoms with Gasteiger partial charge in [0.05, 0.1) is 11.1 Å². The average Bonchev–Trinajstić information content (AvgIpc) is 2.39. The van der Waals surface area contributed by atoms with E-state index in [-0.39, 0.29) is 11.1 Å². The third kappa shape index (κ3) is 0.967. The Morgan fingerprint density at radius 1 is 1.23 bits per heavy atom. The topological polar surface area (TPSA) is 37.4 Å². The van der Waals surface area contributed by atoms with Crippen LogP contribution in [0.25, 0.3) is 0 Å². The third-order valence-corrected chi connectivity index (χ3v) is 2.02. The second-order valence-electron chi connectivity index (χ2n) is 2.71. The van der Waals surface area contributed by atoms with Crippen LogP contribution in [0.15, 0.2) is 24.3 Å². The van der Waals surface area contributed by atoms with Crippen LogP contribution in [0.1, 0.15) is 30.4 Å². The Bertz CT molecular complexity index is 416. The molecule has 66 valence electrons. The monoisotopic (exact) mass is 177 g/mol. The summed E-state index contributed by atoms with van der Waals surface area (Å²) in [7, 11) is 0. The van der Waals surface area contributed by atoms with Crippen molar-refractivity contribution in [2.75, 3.05) is 6.50 Å². The van der Waals surface area contributed by atoms with Crippen LogP contribution in [0.5, 0.6) is 0 Å². The normalized spacial score (nSPS) is 18.4. The minimum atomic E-state index is -1.97. The minimum Gasteiger partial charge on any atom is -0.275 e. The van der Waals surface area contributed by atoms with Gasteiger partial charge < -0.3 is 0 Å². The van der Waals surface area contributed by atoms with Gasteiger partial charge in [-0.3, -0.25) is 14.5 Å². The lowest BCUT2D eigenvalue weighted by molar-refractivity contribution is 0.0663. The first-order valence-corrected chi connectivity index (χ1v) is 3.91. The molecule has 0 atom stereocenters. The molecular weight excluding hydrogens is 166 g/mol. The van der Waals surface area contributed by atoms with E-state index < -0.39 is 18.3 Å². The molecule has 0 N–H and O–H groups in total. The molecule has 0 fully saturated rings. The van der Waals surface area contributed by atoms with Gasteiger partial charge in [0, 0.05) is 9.24 Å². The molecule has 1 aromatic rings. The standard InChI is InChI=1S/C10H9NO2/c1-2-11-9(12)7-5-3-4-6-8(7)10(11)13/h3-6H,2H2,1H3/i2D2. The van der Waals surface area contributed by atoms with Gasteiger partial charge in [-0.2, -0.15) is 0 Å². The average molecular weight is 177 g/mol. The Kier molecular flexibility index (Phi) is 1.22. The summed E-state index contributed by atoms with van der Waals surface area (Å²) in [6, 6.07) is 6.36. The van der Waals surface area contributed by atoms with Crippen LogP contribution >= 0.6 is 0 Å². The first kappa shape index (κ1) is 5.91. The molecule has 1 aromatic carbocycles. The highest BCUT2D eigenvalue weighted by molar-refractivity contribution is 6.21. The van der Waals surface area contributed by atoms with E-state index in [1.165, 1.54) is 19.1 Å². The molecule has 0 saturated carbocycles. The molecule has 0 bridgehead atoms. The molecule has 0 saturated heterocycles. The zero-order valence-corrected chi connectivity index (χ0v) is 7.07. The van der Waals surface area contributed by atoms with Gasteiger partial charge in [-0.05, 0) is 19.1 Å². The van der Waals surface area contributed by atoms with Crippen LogP contribution in [-0.2, 0) is 0 Å². The van der Waals surface area contributed by atoms with E-state index >= 15 is 0 Å². The number of carbonyl (C=O) groups is 2. The highest BCUT2D eigenvalue weighted by atomic mass is 16.2. The van der Waals surface area contributed by atoms with Crippen molar-refractivity contribution in [3.8, 4) is 0 Å². The first-order chi connectivity index (χ1) is 6.93. The Morgan fingerprint density at radius 2 is 1.69 bits per heavy atom. The lowest BCUT2D eigenvalue weighted by Crippen LogP contribution is -2.29. The Hall–Kier alpha value is -1.64. The number of fused-ring (bicyclic) bond motifs is 1.